The van der Waals surface area contributed by atoms with E-state index in [9.17, 15) is 4.79 Å². The number of carbonyl (C=O) groups is 1. The van der Waals surface area contributed by atoms with E-state index < -0.39 is 0 Å². The maximum atomic E-state index is 11.7. The molecule has 1 unspecified atom stereocenters. The molecule has 0 radical (unpaired) electrons. The predicted octanol–water partition coefficient (Wildman–Crippen LogP) is 0.867. The number of nitrogens with zero attached hydrogens (tertiary/aromatic N) is 4. The molecule has 0 bridgehead atoms. The van der Waals surface area contributed by atoms with Crippen LogP contribution in [0.5, 0.6) is 0 Å². The summed E-state index contributed by atoms with van der Waals surface area (Å²) in [4.78, 5) is 22.2. The number of amides is 1. The maximum absolute atomic E-state index is 11.7. The van der Waals surface area contributed by atoms with Crippen molar-refractivity contribution in [1.82, 2.24) is 20.0 Å². The first-order valence-electron chi connectivity index (χ1n) is 8.42. The molecule has 0 spiro atoms. The van der Waals surface area contributed by atoms with Crippen molar-refractivity contribution in [1.29, 1.82) is 0 Å². The molecule has 0 aromatic carbocycles. The summed E-state index contributed by atoms with van der Waals surface area (Å²) in [6.45, 7) is 5.54. The van der Waals surface area contributed by atoms with E-state index in [0.717, 1.165) is 41.2 Å². The number of rotatable bonds is 5. The van der Waals surface area contributed by atoms with E-state index in [2.05, 4.69) is 15.1 Å². The van der Waals surface area contributed by atoms with Gasteiger partial charge in [0.05, 0.1) is 36.2 Å². The molecule has 3 rings (SSSR count). The zero-order valence-electron chi connectivity index (χ0n) is 14.6. The van der Waals surface area contributed by atoms with E-state index in [1.807, 2.05) is 19.9 Å². The zero-order chi connectivity index (χ0) is 17.8. The summed E-state index contributed by atoms with van der Waals surface area (Å²) in [7, 11) is 0. The highest BCUT2D eigenvalue weighted by Gasteiger charge is 2.23. The van der Waals surface area contributed by atoms with Gasteiger partial charge in [-0.1, -0.05) is 5.16 Å². The van der Waals surface area contributed by atoms with Crippen LogP contribution in [-0.2, 0) is 16.0 Å². The van der Waals surface area contributed by atoms with E-state index in [4.69, 9.17) is 15.0 Å². The molecule has 2 aromatic rings. The Bertz CT molecular complexity index is 726. The standard InChI is InChI=1S/C17H23N5O3/c1-11-17(12(2)25-21-11)15-7-13(19-10-20-15)3-4-14-9-22(5-6-24-14)16(23)8-18/h7,10,14H,3-6,8-9,18H2,1-2H3. The van der Waals surface area contributed by atoms with Crippen molar-refractivity contribution in [3.05, 3.63) is 29.5 Å². The van der Waals surface area contributed by atoms with Crippen LogP contribution in [0.4, 0.5) is 0 Å². The predicted molar refractivity (Wildman–Crippen MR) is 90.7 cm³/mol. The fourth-order valence-electron chi connectivity index (χ4n) is 3.08. The number of nitrogens with two attached hydrogens (primary N) is 1. The van der Waals surface area contributed by atoms with Gasteiger partial charge in [0.2, 0.25) is 5.91 Å². The van der Waals surface area contributed by atoms with Gasteiger partial charge in [0, 0.05) is 18.8 Å². The second kappa shape index (κ2) is 7.71. The van der Waals surface area contributed by atoms with Crippen LogP contribution < -0.4 is 5.73 Å². The molecule has 8 nitrogen and oxygen atoms in total. The summed E-state index contributed by atoms with van der Waals surface area (Å²) in [6, 6.07) is 1.96. The smallest absolute Gasteiger partial charge is 0.236 e. The minimum Gasteiger partial charge on any atom is -0.375 e. The summed E-state index contributed by atoms with van der Waals surface area (Å²) in [5.41, 5.74) is 8.90. The summed E-state index contributed by atoms with van der Waals surface area (Å²) >= 11 is 0. The molecule has 1 amide bonds. The number of carbonyl (C=O) groups excluding carboxylic acids is 1. The Hall–Kier alpha value is -2.32. The highest BCUT2D eigenvalue weighted by molar-refractivity contribution is 5.78. The first-order valence-corrected chi connectivity index (χ1v) is 8.42. The first-order chi connectivity index (χ1) is 12.1. The molecule has 0 saturated carbocycles. The molecule has 2 aromatic heterocycles. The molecule has 1 aliphatic heterocycles. The van der Waals surface area contributed by atoms with Gasteiger partial charge in [0.15, 0.2) is 0 Å². The lowest BCUT2D eigenvalue weighted by molar-refractivity contribution is -0.137. The third-order valence-electron chi connectivity index (χ3n) is 4.40. The minimum absolute atomic E-state index is 0.00160. The maximum Gasteiger partial charge on any atom is 0.236 e. The Morgan fingerprint density at radius 2 is 2.24 bits per heavy atom. The average molecular weight is 345 g/mol. The van der Waals surface area contributed by atoms with Gasteiger partial charge in [0.25, 0.3) is 0 Å². The molecular formula is C17H23N5O3. The Balaban J connectivity index is 1.64. The Kier molecular flexibility index (Phi) is 5.40. The number of hydrogen-bond acceptors (Lipinski definition) is 7. The second-order valence-electron chi connectivity index (χ2n) is 6.17. The van der Waals surface area contributed by atoms with E-state index in [1.165, 1.54) is 0 Å². The van der Waals surface area contributed by atoms with Crippen LogP contribution in [0.3, 0.4) is 0 Å². The molecule has 2 N–H and O–H groups in total. The van der Waals surface area contributed by atoms with Gasteiger partial charge < -0.3 is 19.9 Å². The molecule has 134 valence electrons. The van der Waals surface area contributed by atoms with Crippen molar-refractivity contribution in [2.24, 2.45) is 5.73 Å². The van der Waals surface area contributed by atoms with Crippen LogP contribution in [0.25, 0.3) is 11.3 Å². The molecule has 0 aliphatic carbocycles. The molecule has 1 saturated heterocycles. The fourth-order valence-corrected chi connectivity index (χ4v) is 3.08. The first kappa shape index (κ1) is 17.5. The van der Waals surface area contributed by atoms with Crippen molar-refractivity contribution in [2.75, 3.05) is 26.2 Å². The SMILES string of the molecule is Cc1noc(C)c1-c1cc(CCC2CN(C(=O)CN)CCO2)ncn1. The molecule has 1 aliphatic rings. The number of ether oxygens (including phenoxy) is 1. The van der Waals surface area contributed by atoms with Crippen molar-refractivity contribution in [3.8, 4) is 11.3 Å². The Morgan fingerprint density at radius 1 is 1.40 bits per heavy atom. The van der Waals surface area contributed by atoms with Crippen LogP contribution in [0.2, 0.25) is 0 Å². The van der Waals surface area contributed by atoms with Gasteiger partial charge in [-0.3, -0.25) is 4.79 Å². The Morgan fingerprint density at radius 3 is 2.96 bits per heavy atom. The normalized spacial score (nSPS) is 17.7. The lowest BCUT2D eigenvalue weighted by Gasteiger charge is -2.32. The van der Waals surface area contributed by atoms with Crippen LogP contribution >= 0.6 is 0 Å². The van der Waals surface area contributed by atoms with Crippen molar-refractivity contribution in [3.63, 3.8) is 0 Å². The topological polar surface area (TPSA) is 107 Å². The highest BCUT2D eigenvalue weighted by atomic mass is 16.5. The number of aryl methyl sites for hydroxylation is 3. The van der Waals surface area contributed by atoms with Crippen LogP contribution in [0.1, 0.15) is 23.6 Å². The molecule has 25 heavy (non-hydrogen) atoms. The second-order valence-corrected chi connectivity index (χ2v) is 6.17. The molecule has 3 heterocycles. The quantitative estimate of drug-likeness (QED) is 0.856. The largest absolute Gasteiger partial charge is 0.375 e. The van der Waals surface area contributed by atoms with Gasteiger partial charge >= 0.3 is 0 Å². The van der Waals surface area contributed by atoms with Crippen LogP contribution in [0, 0.1) is 13.8 Å². The van der Waals surface area contributed by atoms with E-state index in [1.54, 1.807) is 11.2 Å². The summed E-state index contributed by atoms with van der Waals surface area (Å²) in [5.74, 6) is 0.713. The molecular weight excluding hydrogens is 322 g/mol. The molecule has 8 heteroatoms. The van der Waals surface area contributed by atoms with Crippen molar-refractivity contribution < 1.29 is 14.1 Å². The van der Waals surface area contributed by atoms with Crippen LogP contribution in [0.15, 0.2) is 16.9 Å². The van der Waals surface area contributed by atoms with Crippen molar-refractivity contribution >= 4 is 5.91 Å². The molecule has 1 atom stereocenters. The number of hydrogen-bond donors (Lipinski definition) is 1. The fraction of sp³-hybridized carbons (Fsp3) is 0.529. The summed E-state index contributed by atoms with van der Waals surface area (Å²) in [6.07, 6.45) is 3.09. The van der Waals surface area contributed by atoms with E-state index in [0.29, 0.717) is 19.7 Å². The van der Waals surface area contributed by atoms with Crippen molar-refractivity contribution in [2.45, 2.75) is 32.8 Å². The highest BCUT2D eigenvalue weighted by Crippen LogP contribution is 2.25. The van der Waals surface area contributed by atoms with Crippen LogP contribution in [-0.4, -0.2) is 58.3 Å². The third kappa shape index (κ3) is 4.02. The van der Waals surface area contributed by atoms with E-state index >= 15 is 0 Å². The van der Waals surface area contributed by atoms with Gasteiger partial charge in [-0.15, -0.1) is 0 Å². The van der Waals surface area contributed by atoms with Gasteiger partial charge in [-0.25, -0.2) is 9.97 Å². The lowest BCUT2D eigenvalue weighted by Crippen LogP contribution is -2.47. The monoisotopic (exact) mass is 345 g/mol. The van der Waals surface area contributed by atoms with Gasteiger partial charge in [0.1, 0.15) is 12.1 Å². The Labute approximate surface area is 146 Å². The average Bonchev–Trinajstić information content (AvgIpc) is 2.98. The third-order valence-corrected chi connectivity index (χ3v) is 4.40. The number of aromatic nitrogens is 3. The zero-order valence-corrected chi connectivity index (χ0v) is 14.6. The lowest BCUT2D eigenvalue weighted by atomic mass is 10.1. The van der Waals surface area contributed by atoms with Gasteiger partial charge in [-0.2, -0.15) is 0 Å². The van der Waals surface area contributed by atoms with E-state index in [-0.39, 0.29) is 18.6 Å². The summed E-state index contributed by atoms with van der Waals surface area (Å²) in [5, 5.41) is 3.97. The number of morpholine rings is 1. The van der Waals surface area contributed by atoms with Gasteiger partial charge in [-0.05, 0) is 32.8 Å². The minimum atomic E-state index is -0.0315. The summed E-state index contributed by atoms with van der Waals surface area (Å²) < 4.78 is 11.0. The molecule has 1 fully saturated rings.